The van der Waals surface area contributed by atoms with Crippen LogP contribution in [0.3, 0.4) is 0 Å². The monoisotopic (exact) mass is 191 g/mol. The highest BCUT2D eigenvalue weighted by molar-refractivity contribution is 8.00. The summed E-state index contributed by atoms with van der Waals surface area (Å²) in [7, 11) is 1.34. The molecule has 0 aliphatic heterocycles. The summed E-state index contributed by atoms with van der Waals surface area (Å²) in [6, 6.07) is 0. The minimum absolute atomic E-state index is 0.0764. The molecule has 0 rings (SSSR count). The van der Waals surface area contributed by atoms with Crippen LogP contribution in [0.5, 0.6) is 0 Å². The summed E-state index contributed by atoms with van der Waals surface area (Å²) in [5.74, 6) is -1.02. The fraction of sp³-hybridized carbons (Fsp3) is 0.714. The van der Waals surface area contributed by atoms with E-state index in [1.807, 2.05) is 13.2 Å². The molecule has 0 aromatic rings. The van der Waals surface area contributed by atoms with Crippen molar-refractivity contribution in [2.45, 2.75) is 18.6 Å². The van der Waals surface area contributed by atoms with Crippen LogP contribution in [-0.4, -0.2) is 35.4 Å². The highest BCUT2D eigenvalue weighted by Gasteiger charge is 2.20. The van der Waals surface area contributed by atoms with Crippen LogP contribution in [0, 0.1) is 0 Å². The molecule has 4 nitrogen and oxygen atoms in total. The first-order chi connectivity index (χ1) is 5.67. The first kappa shape index (κ1) is 11.3. The van der Waals surface area contributed by atoms with Gasteiger partial charge in [-0.05, 0) is 12.7 Å². The van der Waals surface area contributed by atoms with Gasteiger partial charge in [0.05, 0.1) is 5.25 Å². The van der Waals surface area contributed by atoms with Crippen molar-refractivity contribution in [1.82, 2.24) is 0 Å². The second-order valence-electron chi connectivity index (χ2n) is 2.10. The summed E-state index contributed by atoms with van der Waals surface area (Å²) < 4.78 is 0. The molecule has 0 aromatic heterocycles. The van der Waals surface area contributed by atoms with E-state index in [4.69, 9.17) is 5.11 Å². The van der Waals surface area contributed by atoms with Crippen molar-refractivity contribution >= 4 is 23.4 Å². The lowest BCUT2D eigenvalue weighted by atomic mass is 10.2. The van der Waals surface area contributed by atoms with Crippen molar-refractivity contribution in [2.24, 2.45) is 5.16 Å². The summed E-state index contributed by atoms with van der Waals surface area (Å²) in [6.45, 7) is 1.91. The molecule has 0 heterocycles. The number of carbonyl (C=O) groups is 1. The van der Waals surface area contributed by atoms with Gasteiger partial charge in [0.2, 0.25) is 0 Å². The molecule has 0 saturated heterocycles. The predicted octanol–water partition coefficient (Wildman–Crippen LogP) is 1.22. The van der Waals surface area contributed by atoms with Gasteiger partial charge in [-0.1, -0.05) is 12.1 Å². The SMILES string of the molecule is CCC(SC)C(=NOC)C(=O)O. The molecule has 70 valence electrons. The van der Waals surface area contributed by atoms with Crippen molar-refractivity contribution in [3.05, 3.63) is 0 Å². The van der Waals surface area contributed by atoms with Gasteiger partial charge in [-0.25, -0.2) is 4.79 Å². The van der Waals surface area contributed by atoms with Crippen LogP contribution < -0.4 is 0 Å². The molecule has 0 saturated carbocycles. The Labute approximate surface area is 76.0 Å². The molecule has 0 amide bonds. The van der Waals surface area contributed by atoms with E-state index < -0.39 is 5.97 Å². The predicted molar refractivity (Wildman–Crippen MR) is 49.7 cm³/mol. The summed E-state index contributed by atoms with van der Waals surface area (Å²) in [6.07, 6.45) is 2.58. The van der Waals surface area contributed by atoms with Gasteiger partial charge in [0.1, 0.15) is 7.11 Å². The zero-order valence-electron chi connectivity index (χ0n) is 7.40. The lowest BCUT2D eigenvalue weighted by Gasteiger charge is -2.09. The first-order valence-electron chi connectivity index (χ1n) is 3.54. The topological polar surface area (TPSA) is 58.9 Å². The number of oxime groups is 1. The van der Waals surface area contributed by atoms with Crippen LogP contribution in [0.2, 0.25) is 0 Å². The van der Waals surface area contributed by atoms with Gasteiger partial charge in [-0.15, -0.1) is 0 Å². The third-order valence-electron chi connectivity index (χ3n) is 1.37. The molecule has 0 fully saturated rings. The Morgan fingerprint density at radius 3 is 2.58 bits per heavy atom. The van der Waals surface area contributed by atoms with E-state index in [1.165, 1.54) is 18.9 Å². The number of nitrogens with zero attached hydrogens (tertiary/aromatic N) is 1. The smallest absolute Gasteiger partial charge is 0.354 e. The number of hydrogen-bond donors (Lipinski definition) is 1. The number of rotatable bonds is 5. The highest BCUT2D eigenvalue weighted by atomic mass is 32.2. The van der Waals surface area contributed by atoms with Gasteiger partial charge in [0.15, 0.2) is 5.71 Å². The van der Waals surface area contributed by atoms with Crippen molar-refractivity contribution in [1.29, 1.82) is 0 Å². The molecule has 5 heteroatoms. The molecule has 0 bridgehead atoms. The van der Waals surface area contributed by atoms with Gasteiger partial charge in [0, 0.05) is 0 Å². The van der Waals surface area contributed by atoms with Crippen LogP contribution >= 0.6 is 11.8 Å². The summed E-state index contributed by atoms with van der Waals surface area (Å²) >= 11 is 1.45. The molecule has 0 spiro atoms. The van der Waals surface area contributed by atoms with Crippen molar-refractivity contribution < 1.29 is 14.7 Å². The van der Waals surface area contributed by atoms with E-state index in [0.717, 1.165) is 6.42 Å². The second kappa shape index (κ2) is 5.88. The lowest BCUT2D eigenvalue weighted by molar-refractivity contribution is -0.129. The second-order valence-corrected chi connectivity index (χ2v) is 3.14. The fourth-order valence-corrected chi connectivity index (χ4v) is 1.51. The van der Waals surface area contributed by atoms with Crippen LogP contribution in [0.4, 0.5) is 0 Å². The maximum absolute atomic E-state index is 10.6. The van der Waals surface area contributed by atoms with Crippen LogP contribution in [0.1, 0.15) is 13.3 Å². The Kier molecular flexibility index (Phi) is 5.53. The number of hydrogen-bond acceptors (Lipinski definition) is 4. The van der Waals surface area contributed by atoms with Crippen LogP contribution in [0.15, 0.2) is 5.16 Å². The summed E-state index contributed by atoms with van der Waals surface area (Å²) in [5, 5.41) is 12.1. The Morgan fingerprint density at radius 1 is 1.75 bits per heavy atom. The molecule has 12 heavy (non-hydrogen) atoms. The maximum Gasteiger partial charge on any atom is 0.354 e. The van der Waals surface area contributed by atoms with Gasteiger partial charge in [0.25, 0.3) is 0 Å². The largest absolute Gasteiger partial charge is 0.477 e. The minimum Gasteiger partial charge on any atom is -0.477 e. The third kappa shape index (κ3) is 3.13. The van der Waals surface area contributed by atoms with Gasteiger partial charge in [-0.3, -0.25) is 0 Å². The Bertz CT molecular complexity index is 177. The molecule has 0 radical (unpaired) electrons. The van der Waals surface area contributed by atoms with Gasteiger partial charge in [-0.2, -0.15) is 11.8 Å². The van der Waals surface area contributed by atoms with Crippen molar-refractivity contribution in [3.63, 3.8) is 0 Å². The van der Waals surface area contributed by atoms with E-state index in [0.29, 0.717) is 0 Å². The Balaban J connectivity index is 4.48. The van der Waals surface area contributed by atoms with Crippen molar-refractivity contribution in [3.8, 4) is 0 Å². The standard InChI is InChI=1S/C7H13NO3S/c1-4-5(12-3)6(7(9)10)8-11-2/h5H,4H2,1-3H3,(H,9,10). The van der Waals surface area contributed by atoms with Crippen LogP contribution in [-0.2, 0) is 9.63 Å². The van der Waals surface area contributed by atoms with Gasteiger partial charge >= 0.3 is 5.97 Å². The molecule has 1 N–H and O–H groups in total. The van der Waals surface area contributed by atoms with E-state index >= 15 is 0 Å². The van der Waals surface area contributed by atoms with Crippen LogP contribution in [0.25, 0.3) is 0 Å². The number of thioether (sulfide) groups is 1. The molecular weight excluding hydrogens is 178 g/mol. The zero-order valence-corrected chi connectivity index (χ0v) is 8.22. The zero-order chi connectivity index (χ0) is 9.56. The molecule has 0 aliphatic carbocycles. The summed E-state index contributed by atoms with van der Waals surface area (Å²) in [4.78, 5) is 15.1. The van der Waals surface area contributed by atoms with Crippen molar-refractivity contribution in [2.75, 3.05) is 13.4 Å². The molecule has 0 aromatic carbocycles. The number of aliphatic carboxylic acids is 1. The van der Waals surface area contributed by atoms with E-state index in [-0.39, 0.29) is 11.0 Å². The Hall–Kier alpha value is -0.710. The maximum atomic E-state index is 10.6. The van der Waals surface area contributed by atoms with E-state index in [1.54, 1.807) is 0 Å². The fourth-order valence-electron chi connectivity index (χ4n) is 0.806. The lowest BCUT2D eigenvalue weighted by Crippen LogP contribution is -2.25. The van der Waals surface area contributed by atoms with E-state index in [9.17, 15) is 4.79 Å². The van der Waals surface area contributed by atoms with Gasteiger partial charge < -0.3 is 9.94 Å². The number of carboxylic acid groups (broad SMARTS) is 1. The summed E-state index contributed by atoms with van der Waals surface area (Å²) in [5.41, 5.74) is 0.0764. The Morgan fingerprint density at radius 2 is 2.33 bits per heavy atom. The molecule has 0 aliphatic rings. The molecule has 1 atom stereocenters. The minimum atomic E-state index is -1.02. The average molecular weight is 191 g/mol. The molecule has 1 unspecified atom stereocenters. The normalized spacial score (nSPS) is 14.1. The third-order valence-corrected chi connectivity index (χ3v) is 2.49. The first-order valence-corrected chi connectivity index (χ1v) is 4.83. The van der Waals surface area contributed by atoms with E-state index in [2.05, 4.69) is 9.99 Å². The average Bonchev–Trinajstić information content (AvgIpc) is 2.05. The molecular formula is C7H13NO3S. The number of carboxylic acids is 1. The quantitative estimate of drug-likeness (QED) is 0.524. The highest BCUT2D eigenvalue weighted by Crippen LogP contribution is 2.12.